The molecule has 0 aliphatic rings. The van der Waals surface area contributed by atoms with Gasteiger partial charge < -0.3 is 5.11 Å². The van der Waals surface area contributed by atoms with Crippen molar-refractivity contribution >= 4 is 12.6 Å². The highest BCUT2D eigenvalue weighted by molar-refractivity contribution is 7.80. The second kappa shape index (κ2) is 6.00. The summed E-state index contributed by atoms with van der Waals surface area (Å²) in [4.78, 5) is 9.48. The number of nitrogens with one attached hydrogen (secondary N) is 1. The van der Waals surface area contributed by atoms with Crippen LogP contribution in [-0.2, 0) is 0 Å². The average molecular weight is 150 g/mol. The summed E-state index contributed by atoms with van der Waals surface area (Å²) in [6.45, 7) is 0.593. The summed E-state index contributed by atoms with van der Waals surface area (Å²) in [6.07, 6.45) is -0.630. The molecule has 54 valence electrons. The van der Waals surface area contributed by atoms with E-state index in [4.69, 9.17) is 5.11 Å². The predicted octanol–water partition coefficient (Wildman–Crippen LogP) is -0.409. The van der Waals surface area contributed by atoms with Gasteiger partial charge in [0.1, 0.15) is 6.23 Å². The van der Waals surface area contributed by atoms with Gasteiger partial charge in [0.05, 0.1) is 6.54 Å². The Morgan fingerprint density at radius 3 is 2.89 bits per heavy atom. The van der Waals surface area contributed by atoms with Gasteiger partial charge in [-0.3, -0.25) is 5.32 Å². The van der Waals surface area contributed by atoms with Crippen LogP contribution < -0.4 is 5.32 Å². The Balaban J connectivity index is 2.96. The van der Waals surface area contributed by atoms with E-state index < -0.39 is 6.23 Å². The van der Waals surface area contributed by atoms with E-state index in [1.807, 2.05) is 0 Å². The van der Waals surface area contributed by atoms with Crippen molar-refractivity contribution in [2.45, 2.75) is 6.23 Å². The maximum Gasteiger partial charge on any atom is 0.113 e. The van der Waals surface area contributed by atoms with Gasteiger partial charge in [-0.25, -0.2) is 0 Å². The van der Waals surface area contributed by atoms with Crippen LogP contribution >= 0.6 is 12.6 Å². The van der Waals surface area contributed by atoms with Crippen molar-refractivity contribution in [2.24, 2.45) is 5.18 Å². The summed E-state index contributed by atoms with van der Waals surface area (Å²) in [6, 6.07) is 0. The Kier molecular flexibility index (Phi) is 5.91. The van der Waals surface area contributed by atoms with Gasteiger partial charge >= 0.3 is 0 Å². The normalized spacial score (nSPS) is 13.1. The van der Waals surface area contributed by atoms with Crippen molar-refractivity contribution in [1.82, 2.24) is 5.32 Å². The van der Waals surface area contributed by atoms with Gasteiger partial charge in [-0.05, 0) is 0 Å². The maximum absolute atomic E-state index is 9.48. The van der Waals surface area contributed by atoms with Crippen molar-refractivity contribution in [3.8, 4) is 0 Å². The van der Waals surface area contributed by atoms with Crippen LogP contribution in [0.15, 0.2) is 5.18 Å². The van der Waals surface area contributed by atoms with Crippen LogP contribution in [0.3, 0.4) is 0 Å². The highest BCUT2D eigenvalue weighted by Crippen LogP contribution is 1.79. The largest absolute Gasteiger partial charge is 0.378 e. The zero-order chi connectivity index (χ0) is 7.11. The molecular weight excluding hydrogens is 140 g/mol. The third kappa shape index (κ3) is 5.75. The van der Waals surface area contributed by atoms with Crippen molar-refractivity contribution in [2.75, 3.05) is 18.8 Å². The Morgan fingerprint density at radius 1 is 1.78 bits per heavy atom. The smallest absolute Gasteiger partial charge is 0.113 e. The molecule has 1 unspecified atom stereocenters. The Morgan fingerprint density at radius 2 is 2.44 bits per heavy atom. The molecule has 4 nitrogen and oxygen atoms in total. The Labute approximate surface area is 59.0 Å². The fraction of sp³-hybridized carbons (Fsp3) is 1.00. The first-order valence-electron chi connectivity index (χ1n) is 2.62. The molecule has 1 atom stereocenters. The van der Waals surface area contributed by atoms with E-state index in [-0.39, 0.29) is 6.54 Å². The molecule has 0 aromatic carbocycles. The molecule has 0 saturated carbocycles. The van der Waals surface area contributed by atoms with Gasteiger partial charge in [0.2, 0.25) is 0 Å². The average Bonchev–Trinajstić information content (AvgIpc) is 1.89. The van der Waals surface area contributed by atoms with Gasteiger partial charge in [0.15, 0.2) is 0 Å². The van der Waals surface area contributed by atoms with E-state index in [2.05, 4.69) is 23.1 Å². The van der Waals surface area contributed by atoms with E-state index in [1.165, 1.54) is 0 Å². The third-order valence-corrected chi connectivity index (χ3v) is 1.10. The van der Waals surface area contributed by atoms with Crippen molar-refractivity contribution in [3.05, 3.63) is 4.91 Å². The highest BCUT2D eigenvalue weighted by atomic mass is 32.1. The van der Waals surface area contributed by atoms with E-state index in [0.717, 1.165) is 0 Å². The molecule has 0 radical (unpaired) electrons. The number of hydrogen-bond acceptors (Lipinski definition) is 5. The van der Waals surface area contributed by atoms with Crippen LogP contribution in [0.1, 0.15) is 0 Å². The molecule has 2 N–H and O–H groups in total. The summed E-state index contributed by atoms with van der Waals surface area (Å²) in [5, 5.41) is 14.0. The molecule has 0 fully saturated rings. The van der Waals surface area contributed by atoms with Gasteiger partial charge in [-0.15, -0.1) is 0 Å². The molecule has 0 aromatic rings. The lowest BCUT2D eigenvalue weighted by Gasteiger charge is -2.06. The number of nitrogens with zero attached hydrogens (tertiary/aromatic N) is 1. The third-order valence-electron chi connectivity index (χ3n) is 0.756. The lowest BCUT2D eigenvalue weighted by Crippen LogP contribution is -2.32. The summed E-state index contributed by atoms with van der Waals surface area (Å²) in [7, 11) is 0. The molecule has 0 saturated heterocycles. The summed E-state index contributed by atoms with van der Waals surface area (Å²) < 4.78 is 0. The monoisotopic (exact) mass is 150 g/mol. The second-order valence-corrected chi connectivity index (χ2v) is 1.87. The minimum absolute atomic E-state index is 0.185. The molecule has 9 heavy (non-hydrogen) atoms. The quantitative estimate of drug-likeness (QED) is 0.216. The van der Waals surface area contributed by atoms with Crippen molar-refractivity contribution < 1.29 is 5.11 Å². The summed E-state index contributed by atoms with van der Waals surface area (Å²) in [5.74, 6) is 0.346. The maximum atomic E-state index is 9.48. The van der Waals surface area contributed by atoms with E-state index in [0.29, 0.717) is 12.3 Å². The lowest BCUT2D eigenvalue weighted by molar-refractivity contribution is 0.163. The fourth-order valence-corrected chi connectivity index (χ4v) is 0.470. The standard InChI is InChI=1S/C4H10N2O2S/c7-4(3-9)5-1-2-6-8/h4-5,7,9H,1-3H2. The van der Waals surface area contributed by atoms with E-state index >= 15 is 0 Å². The van der Waals surface area contributed by atoms with E-state index in [9.17, 15) is 4.91 Å². The SMILES string of the molecule is O=NCCNC(O)CS. The molecule has 0 bridgehead atoms. The number of nitroso groups, excluding NO2 is 1. The fourth-order valence-electron chi connectivity index (χ4n) is 0.341. The first kappa shape index (κ1) is 8.87. The van der Waals surface area contributed by atoms with Gasteiger partial charge in [0.25, 0.3) is 0 Å². The predicted molar refractivity (Wildman–Crippen MR) is 38.5 cm³/mol. The topological polar surface area (TPSA) is 61.7 Å². The van der Waals surface area contributed by atoms with Crippen LogP contribution in [0, 0.1) is 4.91 Å². The highest BCUT2D eigenvalue weighted by Gasteiger charge is 1.96. The number of rotatable bonds is 5. The number of hydrogen-bond donors (Lipinski definition) is 3. The molecule has 0 amide bonds. The summed E-state index contributed by atoms with van der Waals surface area (Å²) >= 11 is 3.80. The van der Waals surface area contributed by atoms with Crippen LogP contribution in [0.2, 0.25) is 0 Å². The molecule has 5 heteroatoms. The molecule has 0 spiro atoms. The first-order valence-corrected chi connectivity index (χ1v) is 3.26. The van der Waals surface area contributed by atoms with Crippen LogP contribution in [0.25, 0.3) is 0 Å². The van der Waals surface area contributed by atoms with E-state index in [1.54, 1.807) is 0 Å². The van der Waals surface area contributed by atoms with Gasteiger partial charge in [-0.2, -0.15) is 17.5 Å². The number of aliphatic hydroxyl groups is 1. The second-order valence-electron chi connectivity index (χ2n) is 1.51. The van der Waals surface area contributed by atoms with Crippen molar-refractivity contribution in [1.29, 1.82) is 0 Å². The Hall–Kier alpha value is -0.130. The zero-order valence-electron chi connectivity index (χ0n) is 4.95. The lowest BCUT2D eigenvalue weighted by atomic mass is 10.6. The molecule has 0 heterocycles. The molecule has 0 rings (SSSR count). The molecular formula is C4H10N2O2S. The Bertz CT molecular complexity index is 81.0. The molecule has 0 aliphatic carbocycles. The first-order chi connectivity index (χ1) is 4.31. The zero-order valence-corrected chi connectivity index (χ0v) is 5.84. The summed E-state index contributed by atoms with van der Waals surface area (Å²) in [5.41, 5.74) is 0. The molecule has 0 aliphatic heterocycles. The number of thiol groups is 1. The number of aliphatic hydroxyl groups excluding tert-OH is 1. The van der Waals surface area contributed by atoms with Crippen LogP contribution in [0.4, 0.5) is 0 Å². The molecule has 0 aromatic heterocycles. The minimum atomic E-state index is -0.630. The van der Waals surface area contributed by atoms with Gasteiger partial charge in [0, 0.05) is 12.3 Å². The van der Waals surface area contributed by atoms with Crippen molar-refractivity contribution in [3.63, 3.8) is 0 Å². The van der Waals surface area contributed by atoms with Crippen LogP contribution in [-0.4, -0.2) is 30.2 Å². The van der Waals surface area contributed by atoms with Gasteiger partial charge in [-0.1, -0.05) is 5.18 Å². The van der Waals surface area contributed by atoms with Crippen LogP contribution in [0.5, 0.6) is 0 Å². The minimum Gasteiger partial charge on any atom is -0.378 e.